The lowest BCUT2D eigenvalue weighted by molar-refractivity contribution is 0.0956. The molecule has 2 aromatic rings. The molecule has 168 valence electrons. The molecule has 3 rings (SSSR count). The summed E-state index contributed by atoms with van der Waals surface area (Å²) in [4.78, 5) is 14.7. The Morgan fingerprint density at radius 3 is 2.29 bits per heavy atom. The van der Waals surface area contributed by atoms with E-state index in [2.05, 4.69) is 41.0 Å². The van der Waals surface area contributed by atoms with E-state index < -0.39 is 10.0 Å². The Kier molecular flexibility index (Phi) is 6.91. The minimum absolute atomic E-state index is 0.0633. The van der Waals surface area contributed by atoms with Crippen molar-refractivity contribution in [3.8, 4) is 0 Å². The second-order valence-corrected chi connectivity index (χ2v) is 10.4. The minimum atomic E-state index is -3.82. The Morgan fingerprint density at radius 2 is 1.71 bits per heavy atom. The molecule has 1 aliphatic rings. The smallest absolute Gasteiger partial charge is 0.261 e. The normalized spacial score (nSPS) is 14.9. The molecular weight excluding hydrogens is 412 g/mol. The van der Waals surface area contributed by atoms with Crippen molar-refractivity contribution < 1.29 is 13.2 Å². The van der Waals surface area contributed by atoms with Crippen molar-refractivity contribution in [3.63, 3.8) is 0 Å². The predicted octanol–water partition coefficient (Wildman–Crippen LogP) is 2.94. The number of carbonyl (C=O) groups is 1. The summed E-state index contributed by atoms with van der Waals surface area (Å²) >= 11 is 0. The molecule has 0 bridgehead atoms. The number of piperazine rings is 1. The first-order chi connectivity index (χ1) is 14.6. The second-order valence-electron chi connectivity index (χ2n) is 8.71. The molecular formula is C23H32N4O3S. The number of nitrogens with one attached hydrogen (secondary N) is 3. The molecule has 1 heterocycles. The zero-order chi connectivity index (χ0) is 22.6. The van der Waals surface area contributed by atoms with Crippen LogP contribution in [0.25, 0.3) is 0 Å². The largest absolute Gasteiger partial charge is 0.367 e. The SMILES string of the molecule is CCNC(=O)c1ccc(N2CCNCC2)c(NS(=O)(=O)c2ccc(C(C)(C)C)cc2)c1. The monoisotopic (exact) mass is 444 g/mol. The van der Waals surface area contributed by atoms with Gasteiger partial charge < -0.3 is 15.5 Å². The third-order valence-corrected chi connectivity index (χ3v) is 6.71. The van der Waals surface area contributed by atoms with Crippen LogP contribution >= 0.6 is 0 Å². The average Bonchev–Trinajstić information content (AvgIpc) is 2.74. The van der Waals surface area contributed by atoms with Crippen LogP contribution in [-0.2, 0) is 15.4 Å². The van der Waals surface area contributed by atoms with Gasteiger partial charge in [0, 0.05) is 38.3 Å². The summed E-state index contributed by atoms with van der Waals surface area (Å²) in [6.45, 7) is 11.8. The maximum atomic E-state index is 13.2. The second kappa shape index (κ2) is 9.28. The van der Waals surface area contributed by atoms with Gasteiger partial charge in [0.15, 0.2) is 0 Å². The molecule has 1 aliphatic heterocycles. The molecule has 0 aromatic heterocycles. The number of anilines is 2. The van der Waals surface area contributed by atoms with Crippen molar-refractivity contribution in [2.24, 2.45) is 0 Å². The molecule has 3 N–H and O–H groups in total. The molecule has 8 heteroatoms. The maximum absolute atomic E-state index is 13.2. The van der Waals surface area contributed by atoms with Crippen LogP contribution in [0, 0.1) is 0 Å². The molecule has 1 saturated heterocycles. The highest BCUT2D eigenvalue weighted by Crippen LogP contribution is 2.31. The number of sulfonamides is 1. The maximum Gasteiger partial charge on any atom is 0.261 e. The molecule has 31 heavy (non-hydrogen) atoms. The van der Waals surface area contributed by atoms with E-state index in [0.29, 0.717) is 17.8 Å². The lowest BCUT2D eigenvalue weighted by Gasteiger charge is -2.31. The van der Waals surface area contributed by atoms with Crippen molar-refractivity contribution in [3.05, 3.63) is 53.6 Å². The van der Waals surface area contributed by atoms with Crippen LogP contribution in [0.5, 0.6) is 0 Å². The fraction of sp³-hybridized carbons (Fsp3) is 0.435. The molecule has 0 spiro atoms. The van der Waals surface area contributed by atoms with Gasteiger partial charge in [-0.05, 0) is 48.2 Å². The van der Waals surface area contributed by atoms with Crippen LogP contribution in [0.1, 0.15) is 43.6 Å². The molecule has 2 aromatic carbocycles. The Bertz CT molecular complexity index is 1020. The van der Waals surface area contributed by atoms with Gasteiger partial charge in [0.1, 0.15) is 0 Å². The first kappa shape index (κ1) is 23.1. The molecule has 0 atom stereocenters. The number of amides is 1. The van der Waals surface area contributed by atoms with Gasteiger partial charge in [-0.2, -0.15) is 0 Å². The Balaban J connectivity index is 1.96. The van der Waals surface area contributed by atoms with Crippen molar-refractivity contribution in [2.75, 3.05) is 42.3 Å². The Morgan fingerprint density at radius 1 is 1.06 bits per heavy atom. The van der Waals surface area contributed by atoms with Crippen molar-refractivity contribution >= 4 is 27.3 Å². The van der Waals surface area contributed by atoms with Crippen LogP contribution in [0.4, 0.5) is 11.4 Å². The van der Waals surface area contributed by atoms with E-state index in [1.54, 1.807) is 24.3 Å². The quantitative estimate of drug-likeness (QED) is 0.637. The van der Waals surface area contributed by atoms with E-state index in [0.717, 1.165) is 37.4 Å². The summed E-state index contributed by atoms with van der Waals surface area (Å²) in [6.07, 6.45) is 0. The van der Waals surface area contributed by atoms with E-state index in [-0.39, 0.29) is 16.2 Å². The van der Waals surface area contributed by atoms with Crippen LogP contribution < -0.4 is 20.3 Å². The highest BCUT2D eigenvalue weighted by Gasteiger charge is 2.22. The van der Waals surface area contributed by atoms with Crippen LogP contribution in [0.15, 0.2) is 47.4 Å². The van der Waals surface area contributed by atoms with Gasteiger partial charge in [-0.3, -0.25) is 9.52 Å². The summed E-state index contributed by atoms with van der Waals surface area (Å²) in [5, 5.41) is 6.06. The molecule has 0 aliphatic carbocycles. The van der Waals surface area contributed by atoms with Gasteiger partial charge in [-0.1, -0.05) is 32.9 Å². The standard InChI is InChI=1S/C23H32N4O3S/c1-5-25-22(28)17-6-11-21(27-14-12-24-13-15-27)20(16-17)26-31(29,30)19-9-7-18(8-10-19)23(2,3)4/h6-11,16,24,26H,5,12-15H2,1-4H3,(H,25,28). The van der Waals surface area contributed by atoms with Crippen molar-refractivity contribution in [2.45, 2.75) is 38.0 Å². The number of benzene rings is 2. The fourth-order valence-corrected chi connectivity index (χ4v) is 4.61. The number of hydrogen-bond donors (Lipinski definition) is 3. The van der Waals surface area contributed by atoms with Crippen LogP contribution in [0.3, 0.4) is 0 Å². The summed E-state index contributed by atoms with van der Waals surface area (Å²) in [6, 6.07) is 12.1. The first-order valence-corrected chi connectivity index (χ1v) is 12.1. The topological polar surface area (TPSA) is 90.5 Å². The van der Waals surface area contributed by atoms with Crippen molar-refractivity contribution in [1.29, 1.82) is 0 Å². The first-order valence-electron chi connectivity index (χ1n) is 10.6. The predicted molar refractivity (Wildman–Crippen MR) is 125 cm³/mol. The van der Waals surface area contributed by atoms with Gasteiger partial charge in [-0.15, -0.1) is 0 Å². The number of hydrogen-bond acceptors (Lipinski definition) is 5. The van der Waals surface area contributed by atoms with Gasteiger partial charge in [0.25, 0.3) is 15.9 Å². The lowest BCUT2D eigenvalue weighted by Crippen LogP contribution is -2.43. The summed E-state index contributed by atoms with van der Waals surface area (Å²) in [5.74, 6) is -0.232. The highest BCUT2D eigenvalue weighted by atomic mass is 32.2. The Hall–Kier alpha value is -2.58. The van der Waals surface area contributed by atoms with Crippen LogP contribution in [0.2, 0.25) is 0 Å². The Labute approximate surface area is 185 Å². The van der Waals surface area contributed by atoms with E-state index in [4.69, 9.17) is 0 Å². The van der Waals surface area contributed by atoms with Gasteiger partial charge >= 0.3 is 0 Å². The highest BCUT2D eigenvalue weighted by molar-refractivity contribution is 7.92. The third kappa shape index (κ3) is 5.57. The number of nitrogens with zero attached hydrogens (tertiary/aromatic N) is 1. The van der Waals surface area contributed by atoms with E-state index >= 15 is 0 Å². The molecule has 1 amide bonds. The van der Waals surface area contributed by atoms with Crippen molar-refractivity contribution in [1.82, 2.24) is 10.6 Å². The zero-order valence-corrected chi connectivity index (χ0v) is 19.5. The summed E-state index contributed by atoms with van der Waals surface area (Å²) in [5.41, 5.74) is 2.59. The zero-order valence-electron chi connectivity index (χ0n) is 18.7. The van der Waals surface area contributed by atoms with E-state index in [9.17, 15) is 13.2 Å². The summed E-state index contributed by atoms with van der Waals surface area (Å²) in [7, 11) is -3.82. The number of rotatable bonds is 6. The average molecular weight is 445 g/mol. The third-order valence-electron chi connectivity index (χ3n) is 5.33. The van der Waals surface area contributed by atoms with E-state index in [1.807, 2.05) is 25.1 Å². The minimum Gasteiger partial charge on any atom is -0.367 e. The molecule has 0 saturated carbocycles. The van der Waals surface area contributed by atoms with Gasteiger partial charge in [0.05, 0.1) is 16.3 Å². The van der Waals surface area contributed by atoms with Gasteiger partial charge in [0.2, 0.25) is 0 Å². The molecule has 1 fully saturated rings. The van der Waals surface area contributed by atoms with Gasteiger partial charge in [-0.25, -0.2) is 8.42 Å². The molecule has 7 nitrogen and oxygen atoms in total. The molecule has 0 unspecified atom stereocenters. The molecule has 0 radical (unpaired) electrons. The van der Waals surface area contributed by atoms with E-state index in [1.165, 1.54) is 0 Å². The lowest BCUT2D eigenvalue weighted by atomic mass is 9.87. The number of carbonyl (C=O) groups excluding carboxylic acids is 1. The summed E-state index contributed by atoms with van der Waals surface area (Å²) < 4.78 is 29.1. The fourth-order valence-electron chi connectivity index (χ4n) is 3.54. The van der Waals surface area contributed by atoms with Crippen LogP contribution in [-0.4, -0.2) is 47.0 Å².